The fraction of sp³-hybridized carbons (Fsp3) is 0.231. The van der Waals surface area contributed by atoms with Crippen molar-refractivity contribution in [2.45, 2.75) is 20.3 Å². The van der Waals surface area contributed by atoms with E-state index in [1.165, 1.54) is 18.2 Å². The Balaban J connectivity index is 2.09. The number of benzene rings is 1. The van der Waals surface area contributed by atoms with Gasteiger partial charge in [-0.1, -0.05) is 11.2 Å². The van der Waals surface area contributed by atoms with E-state index in [0.717, 1.165) is 5.56 Å². The Kier molecular flexibility index (Phi) is 3.79. The van der Waals surface area contributed by atoms with Gasteiger partial charge in [0.25, 0.3) is 5.69 Å². The normalized spacial score (nSPS) is 10.3. The summed E-state index contributed by atoms with van der Waals surface area (Å²) in [7, 11) is 0. The zero-order valence-electron chi connectivity index (χ0n) is 11.0. The van der Waals surface area contributed by atoms with Crippen LogP contribution in [0.15, 0.2) is 28.8 Å². The van der Waals surface area contributed by atoms with Crippen LogP contribution in [0.4, 0.5) is 11.4 Å². The van der Waals surface area contributed by atoms with Gasteiger partial charge in [-0.05, 0) is 19.9 Å². The monoisotopic (exact) mass is 275 g/mol. The van der Waals surface area contributed by atoms with Crippen LogP contribution in [-0.2, 0) is 11.2 Å². The summed E-state index contributed by atoms with van der Waals surface area (Å²) in [6.07, 6.45) is 0.115. The lowest BCUT2D eigenvalue weighted by atomic mass is 10.1. The quantitative estimate of drug-likeness (QED) is 0.682. The summed E-state index contributed by atoms with van der Waals surface area (Å²) in [5.74, 6) is 0.316. The first-order chi connectivity index (χ1) is 9.47. The molecule has 0 bridgehead atoms. The number of nitro groups is 1. The average Bonchev–Trinajstić information content (AvgIpc) is 2.71. The molecule has 0 radical (unpaired) electrons. The van der Waals surface area contributed by atoms with Crippen molar-refractivity contribution in [1.29, 1.82) is 0 Å². The Morgan fingerprint density at radius 2 is 2.20 bits per heavy atom. The van der Waals surface area contributed by atoms with Crippen LogP contribution in [0.3, 0.4) is 0 Å². The molecule has 1 amide bonds. The first kappa shape index (κ1) is 13.7. The van der Waals surface area contributed by atoms with Crippen molar-refractivity contribution in [2.24, 2.45) is 0 Å². The van der Waals surface area contributed by atoms with E-state index in [0.29, 0.717) is 17.1 Å². The van der Waals surface area contributed by atoms with Crippen LogP contribution in [0.5, 0.6) is 0 Å². The topological polar surface area (TPSA) is 98.3 Å². The molecule has 0 saturated carbocycles. The second-order valence-corrected chi connectivity index (χ2v) is 4.34. The van der Waals surface area contributed by atoms with Gasteiger partial charge in [-0.15, -0.1) is 0 Å². The number of rotatable bonds is 4. The molecule has 7 heteroatoms. The van der Waals surface area contributed by atoms with Gasteiger partial charge >= 0.3 is 0 Å². The van der Waals surface area contributed by atoms with Crippen LogP contribution in [0.2, 0.25) is 0 Å². The smallest absolute Gasteiger partial charge is 0.271 e. The SMILES string of the molecule is Cc1noc(C)c1CC(=O)Nc1cccc([N+](=O)[O-])c1. The molecule has 0 aliphatic heterocycles. The van der Waals surface area contributed by atoms with Crippen LogP contribution < -0.4 is 5.32 Å². The fourth-order valence-corrected chi connectivity index (χ4v) is 1.82. The van der Waals surface area contributed by atoms with Crippen molar-refractivity contribution in [3.05, 3.63) is 51.4 Å². The Morgan fingerprint density at radius 1 is 1.45 bits per heavy atom. The number of aromatic nitrogens is 1. The highest BCUT2D eigenvalue weighted by Crippen LogP contribution is 2.18. The molecule has 0 fully saturated rings. The minimum Gasteiger partial charge on any atom is -0.361 e. The Morgan fingerprint density at radius 3 is 2.80 bits per heavy atom. The highest BCUT2D eigenvalue weighted by atomic mass is 16.6. The molecule has 20 heavy (non-hydrogen) atoms. The highest BCUT2D eigenvalue weighted by molar-refractivity contribution is 5.92. The standard InChI is InChI=1S/C13H13N3O4/c1-8-12(9(2)20-15-8)7-13(17)14-10-4-3-5-11(6-10)16(18)19/h3-6H,7H2,1-2H3,(H,14,17). The van der Waals surface area contributed by atoms with Crippen LogP contribution in [0, 0.1) is 24.0 Å². The molecule has 0 saturated heterocycles. The molecule has 1 N–H and O–H groups in total. The summed E-state index contributed by atoms with van der Waals surface area (Å²) in [5, 5.41) is 17.0. The zero-order chi connectivity index (χ0) is 14.7. The largest absolute Gasteiger partial charge is 0.361 e. The maximum absolute atomic E-state index is 11.9. The van der Waals surface area contributed by atoms with Crippen molar-refractivity contribution < 1.29 is 14.2 Å². The lowest BCUT2D eigenvalue weighted by Crippen LogP contribution is -2.15. The summed E-state index contributed by atoms with van der Waals surface area (Å²) in [6, 6.07) is 5.79. The number of nitro benzene ring substituents is 1. The number of aryl methyl sites for hydroxylation is 2. The summed E-state index contributed by atoms with van der Waals surface area (Å²) in [6.45, 7) is 3.49. The Hall–Kier alpha value is -2.70. The molecule has 1 aromatic carbocycles. The van der Waals surface area contributed by atoms with E-state index in [4.69, 9.17) is 4.52 Å². The van der Waals surface area contributed by atoms with Gasteiger partial charge in [0.15, 0.2) is 0 Å². The van der Waals surface area contributed by atoms with Gasteiger partial charge in [0.05, 0.1) is 17.0 Å². The number of carbonyl (C=O) groups excluding carboxylic acids is 1. The summed E-state index contributed by atoms with van der Waals surface area (Å²) in [5.41, 5.74) is 1.71. The molecule has 0 unspecified atom stereocenters. The number of nitrogens with one attached hydrogen (secondary N) is 1. The molecular formula is C13H13N3O4. The molecule has 0 aliphatic rings. The van der Waals surface area contributed by atoms with Crippen molar-refractivity contribution in [2.75, 3.05) is 5.32 Å². The van der Waals surface area contributed by atoms with E-state index in [9.17, 15) is 14.9 Å². The number of hydrogen-bond donors (Lipinski definition) is 1. The number of nitrogens with zero attached hydrogens (tertiary/aromatic N) is 2. The molecular weight excluding hydrogens is 262 g/mol. The van der Waals surface area contributed by atoms with Gasteiger partial charge in [-0.3, -0.25) is 14.9 Å². The first-order valence-electron chi connectivity index (χ1n) is 5.93. The van der Waals surface area contributed by atoms with Crippen LogP contribution in [0.25, 0.3) is 0 Å². The molecule has 2 rings (SSSR count). The first-order valence-corrected chi connectivity index (χ1v) is 5.93. The van der Waals surface area contributed by atoms with Gasteiger partial charge in [-0.25, -0.2) is 0 Å². The lowest BCUT2D eigenvalue weighted by Gasteiger charge is -2.04. The van der Waals surface area contributed by atoms with Crippen molar-refractivity contribution in [3.63, 3.8) is 0 Å². The van der Waals surface area contributed by atoms with E-state index >= 15 is 0 Å². The molecule has 2 aromatic rings. The second-order valence-electron chi connectivity index (χ2n) is 4.34. The molecule has 7 nitrogen and oxygen atoms in total. The van der Waals surface area contributed by atoms with Gasteiger partial charge < -0.3 is 9.84 Å². The van der Waals surface area contributed by atoms with Gasteiger partial charge in [0, 0.05) is 23.4 Å². The molecule has 0 atom stereocenters. The third kappa shape index (κ3) is 3.00. The van der Waals surface area contributed by atoms with Crippen molar-refractivity contribution in [3.8, 4) is 0 Å². The third-order valence-corrected chi connectivity index (χ3v) is 2.86. The van der Waals surface area contributed by atoms with E-state index in [2.05, 4.69) is 10.5 Å². The van der Waals surface area contributed by atoms with Crippen LogP contribution in [0.1, 0.15) is 17.0 Å². The maximum Gasteiger partial charge on any atom is 0.271 e. The molecule has 1 aromatic heterocycles. The molecule has 104 valence electrons. The molecule has 1 heterocycles. The summed E-state index contributed by atoms with van der Waals surface area (Å²) in [4.78, 5) is 22.1. The molecule has 0 aliphatic carbocycles. The van der Waals surface area contributed by atoms with Crippen LogP contribution in [-0.4, -0.2) is 16.0 Å². The third-order valence-electron chi connectivity index (χ3n) is 2.86. The zero-order valence-corrected chi connectivity index (χ0v) is 11.0. The average molecular weight is 275 g/mol. The molecule has 0 spiro atoms. The predicted octanol–water partition coefficient (Wildman–Crippen LogP) is 2.38. The Labute approximate surface area is 114 Å². The summed E-state index contributed by atoms with van der Waals surface area (Å²) < 4.78 is 4.98. The van der Waals surface area contributed by atoms with E-state index in [1.54, 1.807) is 19.9 Å². The Bertz CT molecular complexity index is 644. The van der Waals surface area contributed by atoms with E-state index in [1.807, 2.05) is 0 Å². The van der Waals surface area contributed by atoms with E-state index < -0.39 is 4.92 Å². The van der Waals surface area contributed by atoms with Crippen LogP contribution >= 0.6 is 0 Å². The minimum atomic E-state index is -0.510. The predicted molar refractivity (Wildman–Crippen MR) is 71.4 cm³/mol. The van der Waals surface area contributed by atoms with Crippen molar-refractivity contribution in [1.82, 2.24) is 5.16 Å². The maximum atomic E-state index is 11.9. The highest BCUT2D eigenvalue weighted by Gasteiger charge is 2.14. The second kappa shape index (κ2) is 5.52. The number of non-ortho nitro benzene ring substituents is 1. The number of amides is 1. The van der Waals surface area contributed by atoms with Crippen molar-refractivity contribution >= 4 is 17.3 Å². The minimum absolute atomic E-state index is 0.0693. The summed E-state index contributed by atoms with van der Waals surface area (Å²) >= 11 is 0. The van der Waals surface area contributed by atoms with Gasteiger partial charge in [0.1, 0.15) is 5.76 Å². The van der Waals surface area contributed by atoms with Gasteiger partial charge in [-0.2, -0.15) is 0 Å². The number of carbonyl (C=O) groups is 1. The van der Waals surface area contributed by atoms with E-state index in [-0.39, 0.29) is 18.0 Å². The lowest BCUT2D eigenvalue weighted by molar-refractivity contribution is -0.384. The number of hydrogen-bond acceptors (Lipinski definition) is 5. The number of anilines is 1. The van der Waals surface area contributed by atoms with Gasteiger partial charge in [0.2, 0.25) is 5.91 Å². The fourth-order valence-electron chi connectivity index (χ4n) is 1.82.